The van der Waals surface area contributed by atoms with Crippen LogP contribution in [0, 0.1) is 0 Å². The van der Waals surface area contributed by atoms with Gasteiger partial charge in [0.25, 0.3) is 0 Å². The summed E-state index contributed by atoms with van der Waals surface area (Å²) in [6.45, 7) is 5.95. The van der Waals surface area contributed by atoms with Crippen LogP contribution >= 0.6 is 0 Å². The van der Waals surface area contributed by atoms with Crippen molar-refractivity contribution in [1.29, 1.82) is 0 Å². The number of aromatic amines is 1. The molecule has 110 valence electrons. The number of rotatable bonds is 6. The molecule has 0 fully saturated rings. The molecule has 3 heterocycles. The van der Waals surface area contributed by atoms with Gasteiger partial charge in [-0.3, -0.25) is 9.78 Å². The van der Waals surface area contributed by atoms with Gasteiger partial charge < -0.3 is 5.32 Å². The zero-order valence-corrected chi connectivity index (χ0v) is 12.3. The Kier molecular flexibility index (Phi) is 3.81. The predicted octanol–water partition coefficient (Wildman–Crippen LogP) is 2.45. The number of nitrogens with one attached hydrogen (secondary N) is 2. The van der Waals surface area contributed by atoms with E-state index < -0.39 is 0 Å². The third kappa shape index (κ3) is 2.58. The molecule has 7 nitrogen and oxygen atoms in total. The minimum Gasteiger partial charge on any atom is -0.354 e. The molecule has 21 heavy (non-hydrogen) atoms. The number of anilines is 1. The maximum absolute atomic E-state index is 4.65. The number of hydrogen-bond acceptors (Lipinski definition) is 5. The average molecular weight is 285 g/mol. The van der Waals surface area contributed by atoms with Crippen LogP contribution in [0.2, 0.25) is 0 Å². The number of fused-ring (bicyclic) bond motifs is 1. The summed E-state index contributed by atoms with van der Waals surface area (Å²) < 4.78 is 1.97. The number of nitrogens with zero attached hydrogens (tertiary/aromatic N) is 5. The summed E-state index contributed by atoms with van der Waals surface area (Å²) >= 11 is 0. The summed E-state index contributed by atoms with van der Waals surface area (Å²) in [7, 11) is 0. The van der Waals surface area contributed by atoms with Gasteiger partial charge in [-0.25, -0.2) is 4.98 Å². The summed E-state index contributed by atoms with van der Waals surface area (Å²) in [6.07, 6.45) is 5.61. The van der Waals surface area contributed by atoms with E-state index in [1.54, 1.807) is 12.4 Å². The molecule has 3 aromatic rings. The zero-order chi connectivity index (χ0) is 14.7. The Morgan fingerprint density at radius 1 is 1.24 bits per heavy atom. The van der Waals surface area contributed by atoms with Gasteiger partial charge in [-0.05, 0) is 18.9 Å². The van der Waals surface area contributed by atoms with E-state index in [4.69, 9.17) is 0 Å². The molecule has 0 atom stereocenters. The topological polar surface area (TPSA) is 84.3 Å². The lowest BCUT2D eigenvalue weighted by atomic mass is 10.2. The molecule has 0 radical (unpaired) electrons. The summed E-state index contributed by atoms with van der Waals surface area (Å²) in [4.78, 5) is 9.10. The molecule has 0 aliphatic carbocycles. The Balaban J connectivity index is 2.10. The first-order valence-electron chi connectivity index (χ1n) is 7.30. The van der Waals surface area contributed by atoms with E-state index in [9.17, 15) is 0 Å². The van der Waals surface area contributed by atoms with Crippen LogP contribution in [0.25, 0.3) is 22.4 Å². The minimum atomic E-state index is 0.618. The van der Waals surface area contributed by atoms with Crippen molar-refractivity contribution in [2.75, 3.05) is 11.9 Å². The molecule has 3 rings (SSSR count). The lowest BCUT2D eigenvalue weighted by Gasteiger charge is -2.09. The Morgan fingerprint density at radius 2 is 2.14 bits per heavy atom. The van der Waals surface area contributed by atoms with Gasteiger partial charge in [0.15, 0.2) is 5.65 Å². The first kappa shape index (κ1) is 13.5. The smallest absolute Gasteiger partial charge is 0.225 e. The number of hydrogen-bond donors (Lipinski definition) is 2. The maximum Gasteiger partial charge on any atom is 0.225 e. The number of H-pyrrole nitrogens is 1. The van der Waals surface area contributed by atoms with Gasteiger partial charge in [-0.2, -0.15) is 15.2 Å². The van der Waals surface area contributed by atoms with Crippen molar-refractivity contribution in [2.45, 2.75) is 33.2 Å². The highest BCUT2D eigenvalue weighted by Gasteiger charge is 2.14. The fourth-order valence-electron chi connectivity index (χ4n) is 2.27. The number of aromatic nitrogens is 6. The molecule has 0 aliphatic rings. The molecule has 2 N–H and O–H groups in total. The highest BCUT2D eigenvalue weighted by atomic mass is 15.3. The highest BCUT2D eigenvalue weighted by molar-refractivity contribution is 5.89. The summed E-state index contributed by atoms with van der Waals surface area (Å²) in [6, 6.07) is 1.98. The normalized spacial score (nSPS) is 11.1. The van der Waals surface area contributed by atoms with Crippen LogP contribution in [0.3, 0.4) is 0 Å². The largest absolute Gasteiger partial charge is 0.354 e. The van der Waals surface area contributed by atoms with E-state index in [1.165, 1.54) is 0 Å². The monoisotopic (exact) mass is 285 g/mol. The molecule has 0 saturated heterocycles. The van der Waals surface area contributed by atoms with Crippen LogP contribution in [-0.4, -0.2) is 36.5 Å². The average Bonchev–Trinajstić information content (AvgIpc) is 3.13. The highest BCUT2D eigenvalue weighted by Crippen LogP contribution is 2.26. The van der Waals surface area contributed by atoms with Crippen LogP contribution in [0.4, 0.5) is 5.95 Å². The summed E-state index contributed by atoms with van der Waals surface area (Å²) in [5, 5.41) is 15.5. The van der Waals surface area contributed by atoms with Crippen molar-refractivity contribution in [2.24, 2.45) is 0 Å². The van der Waals surface area contributed by atoms with Gasteiger partial charge in [-0.1, -0.05) is 13.8 Å². The van der Waals surface area contributed by atoms with E-state index in [0.29, 0.717) is 5.95 Å². The van der Waals surface area contributed by atoms with Gasteiger partial charge in [0.05, 0.1) is 17.3 Å². The van der Waals surface area contributed by atoms with Gasteiger partial charge in [0.1, 0.15) is 5.69 Å². The molecule has 0 saturated carbocycles. The van der Waals surface area contributed by atoms with Crippen molar-refractivity contribution in [1.82, 2.24) is 29.9 Å². The van der Waals surface area contributed by atoms with Gasteiger partial charge >= 0.3 is 0 Å². The van der Waals surface area contributed by atoms with Gasteiger partial charge in [0, 0.05) is 19.3 Å². The maximum atomic E-state index is 4.65. The molecule has 0 unspecified atom stereocenters. The van der Waals surface area contributed by atoms with E-state index in [-0.39, 0.29) is 0 Å². The second-order valence-corrected chi connectivity index (χ2v) is 4.89. The van der Waals surface area contributed by atoms with E-state index in [1.807, 2.05) is 10.7 Å². The summed E-state index contributed by atoms with van der Waals surface area (Å²) in [5.41, 5.74) is 2.59. The molecular formula is C14H19N7. The van der Waals surface area contributed by atoms with Crippen molar-refractivity contribution in [3.8, 4) is 11.4 Å². The Bertz CT molecular complexity index is 728. The van der Waals surface area contributed by atoms with E-state index in [2.05, 4.69) is 44.4 Å². The molecule has 0 spiro atoms. The molecule has 0 amide bonds. The zero-order valence-electron chi connectivity index (χ0n) is 12.3. The Morgan fingerprint density at radius 3 is 2.95 bits per heavy atom. The fraction of sp³-hybridized carbons (Fsp3) is 0.429. The second-order valence-electron chi connectivity index (χ2n) is 4.89. The third-order valence-electron chi connectivity index (χ3n) is 3.24. The SMILES string of the molecule is CCCNc1nc(-c2ccnn2CCC)c2cn[nH]c2n1. The molecular weight excluding hydrogens is 266 g/mol. The molecule has 0 aromatic carbocycles. The molecule has 7 heteroatoms. The number of aryl methyl sites for hydroxylation is 1. The van der Waals surface area contributed by atoms with Crippen LogP contribution < -0.4 is 5.32 Å². The van der Waals surface area contributed by atoms with Crippen molar-refractivity contribution >= 4 is 17.0 Å². The standard InChI is InChI=1S/C14H19N7/c1-3-6-15-14-18-12(10-9-16-20-13(10)19-14)11-5-7-17-21(11)8-4-2/h5,7,9H,3-4,6,8H2,1-2H3,(H2,15,16,18,19,20). The predicted molar refractivity (Wildman–Crippen MR) is 82.0 cm³/mol. The first-order valence-corrected chi connectivity index (χ1v) is 7.30. The van der Waals surface area contributed by atoms with E-state index in [0.717, 1.165) is 48.4 Å². The Hall–Kier alpha value is -2.44. The van der Waals surface area contributed by atoms with Crippen molar-refractivity contribution < 1.29 is 0 Å². The van der Waals surface area contributed by atoms with Crippen LogP contribution in [0.1, 0.15) is 26.7 Å². The third-order valence-corrected chi connectivity index (χ3v) is 3.24. The van der Waals surface area contributed by atoms with Crippen molar-refractivity contribution in [3.63, 3.8) is 0 Å². The lowest BCUT2D eigenvalue weighted by Crippen LogP contribution is -2.07. The van der Waals surface area contributed by atoms with E-state index >= 15 is 0 Å². The lowest BCUT2D eigenvalue weighted by molar-refractivity contribution is 0.608. The second kappa shape index (κ2) is 5.90. The van der Waals surface area contributed by atoms with Gasteiger partial charge in [-0.15, -0.1) is 0 Å². The van der Waals surface area contributed by atoms with Crippen LogP contribution in [0.5, 0.6) is 0 Å². The molecule has 3 aromatic heterocycles. The van der Waals surface area contributed by atoms with Crippen molar-refractivity contribution in [3.05, 3.63) is 18.5 Å². The quantitative estimate of drug-likeness (QED) is 0.726. The molecule has 0 aliphatic heterocycles. The summed E-state index contributed by atoms with van der Waals surface area (Å²) in [5.74, 6) is 0.618. The van der Waals surface area contributed by atoms with Crippen LogP contribution in [-0.2, 0) is 6.54 Å². The molecule has 0 bridgehead atoms. The minimum absolute atomic E-state index is 0.618. The fourth-order valence-corrected chi connectivity index (χ4v) is 2.27. The Labute approximate surface area is 122 Å². The van der Waals surface area contributed by atoms with Crippen LogP contribution in [0.15, 0.2) is 18.5 Å². The first-order chi connectivity index (χ1) is 10.3. The van der Waals surface area contributed by atoms with Gasteiger partial charge in [0.2, 0.25) is 5.95 Å².